The van der Waals surface area contributed by atoms with Crippen LogP contribution in [0.1, 0.15) is 22.8 Å². The van der Waals surface area contributed by atoms with E-state index in [1.165, 1.54) is 25.3 Å². The van der Waals surface area contributed by atoms with Crippen LogP contribution in [0.4, 0.5) is 13.2 Å². The highest BCUT2D eigenvalue weighted by molar-refractivity contribution is 6.10. The molecule has 1 atom stereocenters. The predicted octanol–water partition coefficient (Wildman–Crippen LogP) is 2.57. The molecule has 0 saturated heterocycles. The number of halogens is 3. The number of amidine groups is 1. The molecule has 0 bridgehead atoms. The van der Waals surface area contributed by atoms with Gasteiger partial charge in [0.25, 0.3) is 11.8 Å². The van der Waals surface area contributed by atoms with Gasteiger partial charge in [-0.25, -0.2) is 4.99 Å². The molecule has 0 fully saturated rings. The van der Waals surface area contributed by atoms with Gasteiger partial charge in [0.1, 0.15) is 5.84 Å². The third kappa shape index (κ3) is 3.60. The number of rotatable bonds is 5. The van der Waals surface area contributed by atoms with Gasteiger partial charge in [0, 0.05) is 18.9 Å². The number of aromatic nitrogens is 1. The predicted molar refractivity (Wildman–Crippen MR) is 95.5 cm³/mol. The van der Waals surface area contributed by atoms with Gasteiger partial charge in [-0.15, -0.1) is 0 Å². The standard InChI is InChI=1S/C19H17F3N4O2/c1-13-24-18(19(20,21)22,25-16(27)15-8-5-10-23-12-15)17(28)26(13)11-9-14-6-3-2-4-7-14/h2-8,10,12H,9,11H2,1H3,(H,25,27). The van der Waals surface area contributed by atoms with E-state index in [2.05, 4.69) is 9.98 Å². The van der Waals surface area contributed by atoms with Gasteiger partial charge < -0.3 is 5.32 Å². The summed E-state index contributed by atoms with van der Waals surface area (Å²) in [5.74, 6) is -2.52. The average Bonchev–Trinajstić information content (AvgIpc) is 2.92. The fourth-order valence-corrected chi connectivity index (χ4v) is 2.91. The second kappa shape index (κ2) is 7.41. The van der Waals surface area contributed by atoms with Crippen molar-refractivity contribution in [2.45, 2.75) is 25.2 Å². The summed E-state index contributed by atoms with van der Waals surface area (Å²) in [5, 5.41) is 1.77. The van der Waals surface area contributed by atoms with E-state index in [-0.39, 0.29) is 17.9 Å². The first-order valence-electron chi connectivity index (χ1n) is 8.46. The average molecular weight is 390 g/mol. The van der Waals surface area contributed by atoms with Crippen molar-refractivity contribution in [2.75, 3.05) is 6.54 Å². The first kappa shape index (κ1) is 19.5. The highest BCUT2D eigenvalue weighted by Crippen LogP contribution is 2.37. The maximum atomic E-state index is 13.9. The SMILES string of the molecule is CC1=NC(NC(=O)c2cccnc2)(C(F)(F)F)C(=O)N1CCc1ccccc1. The maximum Gasteiger partial charge on any atom is 0.442 e. The van der Waals surface area contributed by atoms with E-state index in [0.717, 1.165) is 16.7 Å². The molecule has 1 aromatic carbocycles. The number of hydrogen-bond acceptors (Lipinski definition) is 4. The molecule has 3 rings (SSSR count). The molecule has 146 valence electrons. The van der Waals surface area contributed by atoms with Gasteiger partial charge in [0.2, 0.25) is 0 Å². The topological polar surface area (TPSA) is 74.7 Å². The Labute approximate surface area is 159 Å². The highest BCUT2D eigenvalue weighted by atomic mass is 19.4. The van der Waals surface area contributed by atoms with Crippen molar-refractivity contribution in [1.82, 2.24) is 15.2 Å². The molecule has 6 nitrogen and oxygen atoms in total. The summed E-state index contributed by atoms with van der Waals surface area (Å²) in [6, 6.07) is 11.8. The van der Waals surface area contributed by atoms with E-state index in [9.17, 15) is 22.8 Å². The summed E-state index contributed by atoms with van der Waals surface area (Å²) in [5.41, 5.74) is -2.58. The molecule has 2 amide bonds. The van der Waals surface area contributed by atoms with Crippen LogP contribution < -0.4 is 5.32 Å². The quantitative estimate of drug-likeness (QED) is 0.853. The lowest BCUT2D eigenvalue weighted by Crippen LogP contribution is -2.63. The van der Waals surface area contributed by atoms with Crippen molar-refractivity contribution in [3.8, 4) is 0 Å². The van der Waals surface area contributed by atoms with Gasteiger partial charge in [-0.3, -0.25) is 19.5 Å². The summed E-state index contributed by atoms with van der Waals surface area (Å²) in [6.07, 6.45) is -2.26. The van der Waals surface area contributed by atoms with Gasteiger partial charge in [0.05, 0.1) is 5.56 Å². The van der Waals surface area contributed by atoms with Crippen LogP contribution in [0.2, 0.25) is 0 Å². The Hall–Kier alpha value is -3.23. The third-order valence-corrected chi connectivity index (χ3v) is 4.37. The largest absolute Gasteiger partial charge is 0.442 e. The molecule has 2 aromatic rings. The minimum absolute atomic E-state index is 0.0127. The number of nitrogens with zero attached hydrogens (tertiary/aromatic N) is 3. The number of carbonyl (C=O) groups is 2. The van der Waals surface area contributed by atoms with Crippen LogP contribution in [0.15, 0.2) is 59.9 Å². The van der Waals surface area contributed by atoms with Crippen LogP contribution in [-0.4, -0.2) is 45.9 Å². The molecular formula is C19H17F3N4O2. The molecule has 1 N–H and O–H groups in total. The highest BCUT2D eigenvalue weighted by Gasteiger charge is 2.66. The lowest BCUT2D eigenvalue weighted by atomic mass is 10.1. The van der Waals surface area contributed by atoms with Crippen molar-refractivity contribution in [1.29, 1.82) is 0 Å². The molecule has 0 spiro atoms. The Bertz CT molecular complexity index is 900. The zero-order chi connectivity index (χ0) is 20.4. The van der Waals surface area contributed by atoms with Crippen LogP contribution in [0.3, 0.4) is 0 Å². The molecule has 1 aliphatic rings. The van der Waals surface area contributed by atoms with Gasteiger partial charge in [-0.05, 0) is 31.0 Å². The molecule has 1 aliphatic heterocycles. The van der Waals surface area contributed by atoms with E-state index in [1.54, 1.807) is 17.4 Å². The fraction of sp³-hybridized carbons (Fsp3) is 0.263. The molecule has 1 aromatic heterocycles. The number of benzene rings is 1. The molecule has 28 heavy (non-hydrogen) atoms. The number of hydrogen-bond donors (Lipinski definition) is 1. The molecule has 2 heterocycles. The van der Waals surface area contributed by atoms with Crippen LogP contribution in [0.5, 0.6) is 0 Å². The van der Waals surface area contributed by atoms with Crippen molar-refractivity contribution >= 4 is 17.6 Å². The van der Waals surface area contributed by atoms with Crippen LogP contribution in [0.25, 0.3) is 0 Å². The van der Waals surface area contributed by atoms with Crippen LogP contribution in [0, 0.1) is 0 Å². The van der Waals surface area contributed by atoms with Crippen LogP contribution >= 0.6 is 0 Å². The zero-order valence-electron chi connectivity index (χ0n) is 14.9. The van der Waals surface area contributed by atoms with E-state index < -0.39 is 23.7 Å². The van der Waals surface area contributed by atoms with Crippen molar-refractivity contribution < 1.29 is 22.8 Å². The summed E-state index contributed by atoms with van der Waals surface area (Å²) >= 11 is 0. The minimum atomic E-state index is -5.11. The van der Waals surface area contributed by atoms with Crippen LogP contribution in [-0.2, 0) is 11.2 Å². The number of nitrogens with one attached hydrogen (secondary N) is 1. The first-order valence-corrected chi connectivity index (χ1v) is 8.46. The maximum absolute atomic E-state index is 13.9. The van der Waals surface area contributed by atoms with Gasteiger partial charge in [-0.2, -0.15) is 13.2 Å². The monoisotopic (exact) mass is 390 g/mol. The summed E-state index contributed by atoms with van der Waals surface area (Å²) in [6.45, 7) is 1.32. The lowest BCUT2D eigenvalue weighted by molar-refractivity contribution is -0.196. The molecule has 9 heteroatoms. The minimum Gasteiger partial charge on any atom is -0.312 e. The smallest absolute Gasteiger partial charge is 0.312 e. The van der Waals surface area contributed by atoms with Gasteiger partial charge >= 0.3 is 11.8 Å². The van der Waals surface area contributed by atoms with Gasteiger partial charge in [0.15, 0.2) is 0 Å². The lowest BCUT2D eigenvalue weighted by Gasteiger charge is -2.29. The summed E-state index contributed by atoms with van der Waals surface area (Å²) in [7, 11) is 0. The van der Waals surface area contributed by atoms with E-state index in [1.807, 2.05) is 18.2 Å². The third-order valence-electron chi connectivity index (χ3n) is 4.37. The number of alkyl halides is 3. The second-order valence-corrected chi connectivity index (χ2v) is 6.26. The Morgan fingerprint density at radius 2 is 1.89 bits per heavy atom. The Morgan fingerprint density at radius 1 is 1.18 bits per heavy atom. The number of pyridine rings is 1. The number of carbonyl (C=O) groups excluding carboxylic acids is 2. The Kier molecular flexibility index (Phi) is 5.17. The molecule has 0 aliphatic carbocycles. The van der Waals surface area contributed by atoms with E-state index >= 15 is 0 Å². The van der Waals surface area contributed by atoms with E-state index in [0.29, 0.717) is 6.42 Å². The Morgan fingerprint density at radius 3 is 2.50 bits per heavy atom. The molecule has 1 unspecified atom stereocenters. The van der Waals surface area contributed by atoms with E-state index in [4.69, 9.17) is 0 Å². The first-order chi connectivity index (χ1) is 13.2. The fourth-order valence-electron chi connectivity index (χ4n) is 2.91. The number of amides is 2. The second-order valence-electron chi connectivity index (χ2n) is 6.26. The summed E-state index contributed by atoms with van der Waals surface area (Å²) in [4.78, 5) is 33.2. The normalized spacial score (nSPS) is 19.5. The summed E-state index contributed by atoms with van der Waals surface area (Å²) < 4.78 is 41.6. The zero-order valence-corrected chi connectivity index (χ0v) is 14.9. The molecule has 0 radical (unpaired) electrons. The Balaban J connectivity index is 1.85. The van der Waals surface area contributed by atoms with Gasteiger partial charge in [-0.1, -0.05) is 30.3 Å². The van der Waals surface area contributed by atoms with Crippen molar-refractivity contribution in [2.24, 2.45) is 4.99 Å². The van der Waals surface area contributed by atoms with Crippen molar-refractivity contribution in [3.05, 3.63) is 66.0 Å². The number of aliphatic imine (C=N–C) groups is 1. The molecular weight excluding hydrogens is 373 g/mol. The van der Waals surface area contributed by atoms with Crippen molar-refractivity contribution in [3.63, 3.8) is 0 Å². The molecule has 0 saturated carbocycles.